The van der Waals surface area contributed by atoms with Crippen molar-refractivity contribution in [1.82, 2.24) is 0 Å². The Hall–Kier alpha value is -0.710. The molecule has 6 atom stereocenters. The Kier molecular flexibility index (Phi) is 2.14. The minimum Gasteiger partial charge on any atom is -0.481 e. The number of carboxylic acid groups (broad SMARTS) is 1. The molecule has 3 aliphatic carbocycles. The normalized spacial score (nSPS) is 55.5. The van der Waals surface area contributed by atoms with Crippen LogP contribution in [0.2, 0.25) is 0 Å². The quantitative estimate of drug-likeness (QED) is 0.792. The molecule has 3 rings (SSSR count). The number of nitrogens with two attached hydrogens (primary N) is 1. The summed E-state index contributed by atoms with van der Waals surface area (Å²) in [5.41, 5.74) is 3.23. The van der Waals surface area contributed by atoms with E-state index < -0.39 is 35.1 Å². The first-order valence-corrected chi connectivity index (χ1v) is 6.21. The fourth-order valence-corrected chi connectivity index (χ4v) is 4.89. The van der Waals surface area contributed by atoms with Crippen molar-refractivity contribution in [3.05, 3.63) is 0 Å². The minimum atomic E-state index is -1.78. The molecule has 3 saturated carbocycles. The van der Waals surface area contributed by atoms with Crippen LogP contribution in [0.1, 0.15) is 25.7 Å². The van der Waals surface area contributed by atoms with Gasteiger partial charge < -0.3 is 10.8 Å². The Morgan fingerprint density at radius 2 is 2.12 bits per heavy atom. The SMILES string of the molecule is NC[C@@]1(CC(=O)O)C2CC[C@@H]3C[C@H]1[C@@]2(F)[C@H]3F. The summed E-state index contributed by atoms with van der Waals surface area (Å²) in [4.78, 5) is 10.9. The van der Waals surface area contributed by atoms with Crippen LogP contribution in [0.15, 0.2) is 0 Å². The summed E-state index contributed by atoms with van der Waals surface area (Å²) in [5, 5.41) is 8.97. The summed E-state index contributed by atoms with van der Waals surface area (Å²) >= 11 is 0. The summed E-state index contributed by atoms with van der Waals surface area (Å²) in [7, 11) is 0. The second kappa shape index (κ2) is 3.19. The number of fused-ring (bicyclic) bond motifs is 1. The van der Waals surface area contributed by atoms with Crippen LogP contribution < -0.4 is 5.73 Å². The third-order valence-electron chi connectivity index (χ3n) is 5.52. The number of hydrogen-bond acceptors (Lipinski definition) is 2. The second-order valence-electron chi connectivity index (χ2n) is 5.92. The molecule has 5 heteroatoms. The number of halogens is 2. The Morgan fingerprint density at radius 1 is 1.41 bits per heavy atom. The van der Waals surface area contributed by atoms with Crippen LogP contribution in [0.5, 0.6) is 0 Å². The molecule has 3 aliphatic rings. The van der Waals surface area contributed by atoms with Gasteiger partial charge in [-0.15, -0.1) is 0 Å². The summed E-state index contributed by atoms with van der Waals surface area (Å²) < 4.78 is 28.6. The highest BCUT2D eigenvalue weighted by Gasteiger charge is 2.80. The van der Waals surface area contributed by atoms with Gasteiger partial charge in [0.25, 0.3) is 0 Å². The summed E-state index contributed by atoms with van der Waals surface area (Å²) in [6, 6.07) is 0. The fourth-order valence-electron chi connectivity index (χ4n) is 4.89. The third kappa shape index (κ3) is 1.07. The molecule has 0 amide bonds. The van der Waals surface area contributed by atoms with Crippen molar-refractivity contribution in [2.45, 2.75) is 37.5 Å². The van der Waals surface area contributed by atoms with Gasteiger partial charge in [-0.3, -0.25) is 4.79 Å². The van der Waals surface area contributed by atoms with E-state index in [2.05, 4.69) is 0 Å². The summed E-state index contributed by atoms with van der Waals surface area (Å²) in [5.74, 6) is -2.15. The maximum Gasteiger partial charge on any atom is 0.303 e. The van der Waals surface area contributed by atoms with Gasteiger partial charge in [-0.25, -0.2) is 8.78 Å². The molecule has 0 radical (unpaired) electrons. The van der Waals surface area contributed by atoms with Crippen LogP contribution in [-0.4, -0.2) is 29.5 Å². The molecular weight excluding hydrogens is 228 g/mol. The molecule has 0 aromatic heterocycles. The van der Waals surface area contributed by atoms with Crippen molar-refractivity contribution in [2.75, 3.05) is 6.54 Å². The average Bonchev–Trinajstić information content (AvgIpc) is 2.48. The maximum atomic E-state index is 14.7. The molecule has 3 nitrogen and oxygen atoms in total. The van der Waals surface area contributed by atoms with E-state index in [1.165, 1.54) is 0 Å². The highest BCUT2D eigenvalue weighted by atomic mass is 19.2. The first-order chi connectivity index (χ1) is 7.96. The lowest BCUT2D eigenvalue weighted by molar-refractivity contribution is -0.227. The number of carbonyl (C=O) groups is 1. The molecule has 2 bridgehead atoms. The van der Waals surface area contributed by atoms with Gasteiger partial charge in [-0.2, -0.15) is 0 Å². The minimum absolute atomic E-state index is 0.121. The van der Waals surface area contributed by atoms with E-state index >= 15 is 0 Å². The second-order valence-corrected chi connectivity index (χ2v) is 5.92. The lowest BCUT2D eigenvalue weighted by Crippen LogP contribution is -2.71. The summed E-state index contributed by atoms with van der Waals surface area (Å²) in [6.07, 6.45) is 0.209. The van der Waals surface area contributed by atoms with Crippen LogP contribution in [-0.2, 0) is 4.79 Å². The maximum absolute atomic E-state index is 14.7. The Morgan fingerprint density at radius 3 is 2.71 bits per heavy atom. The van der Waals surface area contributed by atoms with Crippen molar-refractivity contribution in [3.8, 4) is 0 Å². The zero-order chi connectivity index (χ0) is 12.4. The van der Waals surface area contributed by atoms with Crippen molar-refractivity contribution >= 4 is 5.97 Å². The number of hydrogen-bond donors (Lipinski definition) is 2. The molecular formula is C12H17F2NO2. The van der Waals surface area contributed by atoms with Gasteiger partial charge in [0.15, 0.2) is 0 Å². The molecule has 1 unspecified atom stereocenters. The first-order valence-electron chi connectivity index (χ1n) is 6.21. The monoisotopic (exact) mass is 245 g/mol. The Labute approximate surface area is 98.4 Å². The molecule has 0 aliphatic heterocycles. The molecule has 0 aromatic carbocycles. The Balaban J connectivity index is 1.98. The lowest BCUT2D eigenvalue weighted by Gasteiger charge is -2.63. The molecule has 0 aromatic rings. The zero-order valence-electron chi connectivity index (χ0n) is 9.53. The van der Waals surface area contributed by atoms with Crippen LogP contribution in [0, 0.1) is 23.2 Å². The van der Waals surface area contributed by atoms with Gasteiger partial charge in [-0.05, 0) is 31.7 Å². The van der Waals surface area contributed by atoms with E-state index in [0.717, 1.165) is 0 Å². The molecule has 0 spiro atoms. The first kappa shape index (κ1) is 11.4. The highest BCUT2D eigenvalue weighted by Crippen LogP contribution is 2.74. The van der Waals surface area contributed by atoms with Crippen LogP contribution in [0.4, 0.5) is 8.78 Å². The fraction of sp³-hybridized carbons (Fsp3) is 0.917. The molecule has 96 valence electrons. The average molecular weight is 245 g/mol. The number of alkyl halides is 2. The number of aliphatic carboxylic acids is 1. The Bertz CT molecular complexity index is 368. The van der Waals surface area contributed by atoms with Gasteiger partial charge in [0.1, 0.15) is 11.8 Å². The van der Waals surface area contributed by atoms with E-state index in [4.69, 9.17) is 10.8 Å². The largest absolute Gasteiger partial charge is 0.481 e. The van der Waals surface area contributed by atoms with Crippen molar-refractivity contribution in [3.63, 3.8) is 0 Å². The third-order valence-corrected chi connectivity index (χ3v) is 5.52. The highest BCUT2D eigenvalue weighted by molar-refractivity contribution is 5.68. The van der Waals surface area contributed by atoms with Gasteiger partial charge in [0, 0.05) is 17.3 Å². The molecule has 0 heterocycles. The van der Waals surface area contributed by atoms with Crippen molar-refractivity contribution in [2.24, 2.45) is 28.9 Å². The number of carboxylic acids is 1. The standard InChI is InChI=1S/C12H17F2NO2/c13-10-6-1-2-7-11(5-15,4-9(16)17)8(3-6)12(7,10)14/h6-8,10H,1-5,15H2,(H,16,17)/t6-,7?,8-,10+,11+,12-/m1/s1. The smallest absolute Gasteiger partial charge is 0.303 e. The predicted octanol–water partition coefficient (Wildman–Crippen LogP) is 1.51. The van der Waals surface area contributed by atoms with Gasteiger partial charge in [0.2, 0.25) is 0 Å². The lowest BCUT2D eigenvalue weighted by atomic mass is 9.43. The van der Waals surface area contributed by atoms with Crippen LogP contribution in [0.3, 0.4) is 0 Å². The van der Waals surface area contributed by atoms with Crippen molar-refractivity contribution in [1.29, 1.82) is 0 Å². The van der Waals surface area contributed by atoms with Crippen LogP contribution >= 0.6 is 0 Å². The molecule has 3 fully saturated rings. The molecule has 0 saturated heterocycles. The van der Waals surface area contributed by atoms with Gasteiger partial charge >= 0.3 is 5.97 Å². The van der Waals surface area contributed by atoms with Crippen molar-refractivity contribution < 1.29 is 18.7 Å². The molecule has 3 N–H and O–H groups in total. The van der Waals surface area contributed by atoms with Gasteiger partial charge in [0.05, 0.1) is 6.42 Å². The van der Waals surface area contributed by atoms with E-state index in [1.807, 2.05) is 0 Å². The molecule has 17 heavy (non-hydrogen) atoms. The van der Waals surface area contributed by atoms with E-state index in [9.17, 15) is 13.6 Å². The predicted molar refractivity (Wildman–Crippen MR) is 56.8 cm³/mol. The topological polar surface area (TPSA) is 63.3 Å². The van der Waals surface area contributed by atoms with E-state index in [1.54, 1.807) is 0 Å². The zero-order valence-corrected chi connectivity index (χ0v) is 9.53. The summed E-state index contributed by atoms with van der Waals surface area (Å²) in [6.45, 7) is 0.153. The van der Waals surface area contributed by atoms with Crippen LogP contribution in [0.25, 0.3) is 0 Å². The number of rotatable bonds is 3. The van der Waals surface area contributed by atoms with E-state index in [-0.39, 0.29) is 18.9 Å². The van der Waals surface area contributed by atoms with E-state index in [0.29, 0.717) is 19.3 Å². The van der Waals surface area contributed by atoms with Gasteiger partial charge in [-0.1, -0.05) is 0 Å².